The van der Waals surface area contributed by atoms with Crippen LogP contribution in [-0.2, 0) is 11.3 Å². The molecule has 0 radical (unpaired) electrons. The normalized spacial score (nSPS) is 18.3. The van der Waals surface area contributed by atoms with E-state index in [2.05, 4.69) is 11.9 Å². The Bertz CT molecular complexity index is 738. The van der Waals surface area contributed by atoms with Crippen LogP contribution in [0.3, 0.4) is 0 Å². The minimum atomic E-state index is -0.796. The fourth-order valence-electron chi connectivity index (χ4n) is 3.29. The topological polar surface area (TPSA) is 75.4 Å². The van der Waals surface area contributed by atoms with Gasteiger partial charge in [0.05, 0.1) is 17.4 Å². The van der Waals surface area contributed by atoms with Gasteiger partial charge in [-0.15, -0.1) is 0 Å². The number of carboxylic acid groups (broad SMARTS) is 1. The number of fused-ring (bicyclic) bond motifs is 1. The van der Waals surface area contributed by atoms with Crippen molar-refractivity contribution < 1.29 is 14.7 Å². The number of hydrogen-bond donors (Lipinski definition) is 1. The molecule has 0 aliphatic carbocycles. The van der Waals surface area contributed by atoms with Crippen molar-refractivity contribution in [2.75, 3.05) is 13.1 Å². The zero-order valence-electron chi connectivity index (χ0n) is 13.2. The first-order chi connectivity index (χ1) is 11.1. The van der Waals surface area contributed by atoms with Crippen molar-refractivity contribution in [3.8, 4) is 0 Å². The van der Waals surface area contributed by atoms with Gasteiger partial charge in [0.2, 0.25) is 0 Å². The van der Waals surface area contributed by atoms with Crippen LogP contribution >= 0.6 is 0 Å². The molecule has 0 unspecified atom stereocenters. The minimum Gasteiger partial charge on any atom is -0.481 e. The number of carboxylic acids is 1. The monoisotopic (exact) mass is 315 g/mol. The lowest BCUT2D eigenvalue weighted by Crippen LogP contribution is -2.40. The molecule has 1 saturated heterocycles. The summed E-state index contributed by atoms with van der Waals surface area (Å²) in [7, 11) is 0. The van der Waals surface area contributed by atoms with Crippen molar-refractivity contribution in [2.45, 2.75) is 32.7 Å². The van der Waals surface area contributed by atoms with Gasteiger partial charge in [0, 0.05) is 31.6 Å². The molecule has 122 valence electrons. The van der Waals surface area contributed by atoms with Crippen molar-refractivity contribution in [3.63, 3.8) is 0 Å². The third-order valence-corrected chi connectivity index (χ3v) is 4.48. The van der Waals surface area contributed by atoms with E-state index in [0.29, 0.717) is 18.7 Å². The van der Waals surface area contributed by atoms with Crippen molar-refractivity contribution in [3.05, 3.63) is 30.1 Å². The highest BCUT2D eigenvalue weighted by atomic mass is 16.4. The van der Waals surface area contributed by atoms with Crippen molar-refractivity contribution in [2.24, 2.45) is 5.92 Å². The summed E-state index contributed by atoms with van der Waals surface area (Å²) >= 11 is 0. The molecule has 1 fully saturated rings. The molecular formula is C17H21N3O3. The second kappa shape index (κ2) is 6.40. The van der Waals surface area contributed by atoms with E-state index in [0.717, 1.165) is 30.4 Å². The van der Waals surface area contributed by atoms with Crippen LogP contribution in [0.5, 0.6) is 0 Å². The van der Waals surface area contributed by atoms with Crippen LogP contribution in [-0.4, -0.2) is 44.5 Å². The maximum atomic E-state index is 12.7. The van der Waals surface area contributed by atoms with E-state index in [4.69, 9.17) is 5.11 Å². The summed E-state index contributed by atoms with van der Waals surface area (Å²) in [4.78, 5) is 29.7. The Morgan fingerprint density at radius 2 is 2.22 bits per heavy atom. The summed E-state index contributed by atoms with van der Waals surface area (Å²) in [5.41, 5.74) is 2.46. The summed E-state index contributed by atoms with van der Waals surface area (Å²) in [6.07, 6.45) is 3.64. The fourth-order valence-corrected chi connectivity index (χ4v) is 3.29. The third-order valence-electron chi connectivity index (χ3n) is 4.48. The smallest absolute Gasteiger partial charge is 0.303 e. The largest absolute Gasteiger partial charge is 0.481 e. The predicted octanol–water partition coefficient (Wildman–Crippen LogP) is 2.38. The molecular weight excluding hydrogens is 294 g/mol. The first-order valence-electron chi connectivity index (χ1n) is 8.04. The highest BCUT2D eigenvalue weighted by Gasteiger charge is 2.26. The molecule has 1 aliphatic rings. The average Bonchev–Trinajstić information content (AvgIpc) is 2.96. The Balaban J connectivity index is 1.78. The average molecular weight is 315 g/mol. The van der Waals surface area contributed by atoms with Crippen molar-refractivity contribution >= 4 is 22.9 Å². The van der Waals surface area contributed by atoms with Crippen LogP contribution in [0.4, 0.5) is 0 Å². The summed E-state index contributed by atoms with van der Waals surface area (Å²) in [5, 5.41) is 8.94. The Labute approximate surface area is 134 Å². The van der Waals surface area contributed by atoms with Gasteiger partial charge in [-0.2, -0.15) is 0 Å². The highest BCUT2D eigenvalue weighted by molar-refractivity contribution is 5.97. The first-order valence-corrected chi connectivity index (χ1v) is 8.04. The van der Waals surface area contributed by atoms with Crippen LogP contribution < -0.4 is 0 Å². The lowest BCUT2D eigenvalue weighted by Gasteiger charge is -2.32. The molecule has 1 aromatic heterocycles. The Morgan fingerprint density at radius 1 is 1.39 bits per heavy atom. The van der Waals surface area contributed by atoms with Gasteiger partial charge in [-0.05, 0) is 43.9 Å². The number of rotatable bonds is 4. The molecule has 2 aromatic rings. The number of piperidine rings is 1. The number of aromatic nitrogens is 2. The lowest BCUT2D eigenvalue weighted by molar-refractivity contribution is -0.138. The Kier molecular flexibility index (Phi) is 4.32. The van der Waals surface area contributed by atoms with E-state index in [-0.39, 0.29) is 18.2 Å². The van der Waals surface area contributed by atoms with Crippen LogP contribution in [0.15, 0.2) is 24.5 Å². The molecule has 1 amide bonds. The fraction of sp³-hybridized carbons (Fsp3) is 0.471. The number of hydrogen-bond acceptors (Lipinski definition) is 3. The van der Waals surface area contributed by atoms with E-state index in [9.17, 15) is 9.59 Å². The lowest BCUT2D eigenvalue weighted by atomic mass is 9.94. The standard InChI is InChI=1S/C17H21N3O3/c1-2-19-11-18-14-9-13(5-6-15(14)19)17(23)20-7-3-4-12(10-20)8-16(21)22/h5-6,9,11-12H,2-4,7-8,10H2,1H3,(H,21,22)/t12-/m0/s1. The number of benzene rings is 1. The molecule has 0 bridgehead atoms. The predicted molar refractivity (Wildman–Crippen MR) is 86.3 cm³/mol. The van der Waals surface area contributed by atoms with Gasteiger partial charge in [0.15, 0.2) is 0 Å². The number of amides is 1. The van der Waals surface area contributed by atoms with Crippen LogP contribution in [0.2, 0.25) is 0 Å². The number of likely N-dealkylation sites (tertiary alicyclic amines) is 1. The molecule has 0 spiro atoms. The van der Waals surface area contributed by atoms with Crippen molar-refractivity contribution in [1.29, 1.82) is 0 Å². The molecule has 6 nitrogen and oxygen atoms in total. The van der Waals surface area contributed by atoms with Crippen LogP contribution in [0.1, 0.15) is 36.5 Å². The molecule has 2 heterocycles. The van der Waals surface area contributed by atoms with E-state index >= 15 is 0 Å². The quantitative estimate of drug-likeness (QED) is 0.940. The van der Waals surface area contributed by atoms with Crippen LogP contribution in [0, 0.1) is 5.92 Å². The zero-order chi connectivity index (χ0) is 16.4. The Morgan fingerprint density at radius 3 is 2.96 bits per heavy atom. The maximum Gasteiger partial charge on any atom is 0.303 e. The number of aryl methyl sites for hydroxylation is 1. The number of carbonyl (C=O) groups excluding carboxylic acids is 1. The first kappa shape index (κ1) is 15.5. The second-order valence-corrected chi connectivity index (χ2v) is 6.09. The van der Waals surface area contributed by atoms with Gasteiger partial charge >= 0.3 is 5.97 Å². The SMILES string of the molecule is CCn1cnc2cc(C(=O)N3CCC[C@@H](CC(=O)O)C3)ccc21. The minimum absolute atomic E-state index is 0.0342. The summed E-state index contributed by atoms with van der Waals surface area (Å²) in [6, 6.07) is 5.59. The number of carbonyl (C=O) groups is 2. The number of imidazole rings is 1. The summed E-state index contributed by atoms with van der Waals surface area (Å²) in [5.74, 6) is -0.780. The Hall–Kier alpha value is -2.37. The molecule has 0 saturated carbocycles. The van der Waals surface area contributed by atoms with Gasteiger partial charge in [0.25, 0.3) is 5.91 Å². The van der Waals surface area contributed by atoms with E-state index < -0.39 is 5.97 Å². The molecule has 1 aliphatic heterocycles. The maximum absolute atomic E-state index is 12.7. The van der Waals surface area contributed by atoms with E-state index in [1.807, 2.05) is 22.8 Å². The number of aliphatic carboxylic acids is 1. The zero-order valence-corrected chi connectivity index (χ0v) is 13.2. The highest BCUT2D eigenvalue weighted by Crippen LogP contribution is 2.22. The second-order valence-electron chi connectivity index (χ2n) is 6.09. The molecule has 1 atom stereocenters. The van der Waals surface area contributed by atoms with Gasteiger partial charge in [-0.1, -0.05) is 0 Å². The summed E-state index contributed by atoms with van der Waals surface area (Å²) < 4.78 is 2.04. The summed E-state index contributed by atoms with van der Waals surface area (Å²) in [6.45, 7) is 4.10. The van der Waals surface area contributed by atoms with Crippen LogP contribution in [0.25, 0.3) is 11.0 Å². The van der Waals surface area contributed by atoms with E-state index in [1.165, 1.54) is 0 Å². The molecule has 23 heavy (non-hydrogen) atoms. The van der Waals surface area contributed by atoms with Gasteiger partial charge in [0.1, 0.15) is 0 Å². The van der Waals surface area contributed by atoms with Gasteiger partial charge in [-0.3, -0.25) is 9.59 Å². The molecule has 1 N–H and O–H groups in total. The number of nitrogens with zero attached hydrogens (tertiary/aromatic N) is 3. The third kappa shape index (κ3) is 3.21. The molecule has 3 rings (SSSR count). The van der Waals surface area contributed by atoms with E-state index in [1.54, 1.807) is 11.2 Å². The molecule has 1 aromatic carbocycles. The van der Waals surface area contributed by atoms with Crippen molar-refractivity contribution in [1.82, 2.24) is 14.5 Å². The van der Waals surface area contributed by atoms with Gasteiger partial charge < -0.3 is 14.6 Å². The van der Waals surface area contributed by atoms with Gasteiger partial charge in [-0.25, -0.2) is 4.98 Å². The molecule has 6 heteroatoms.